The maximum atomic E-state index is 11.5. The van der Waals surface area contributed by atoms with E-state index in [4.69, 9.17) is 0 Å². The molecule has 0 spiro atoms. The Labute approximate surface area is 82.2 Å². The number of hydrogen-bond acceptors (Lipinski definition) is 3. The Hall–Kier alpha value is -0.870. The fourth-order valence-corrected chi connectivity index (χ4v) is 1.82. The average molecular weight is 198 g/mol. The zero-order chi connectivity index (χ0) is 9.68. The lowest BCUT2D eigenvalue weighted by atomic mass is 10.2. The van der Waals surface area contributed by atoms with Gasteiger partial charge in [0.2, 0.25) is 0 Å². The van der Waals surface area contributed by atoms with Crippen molar-refractivity contribution in [2.24, 2.45) is 0 Å². The van der Waals surface area contributed by atoms with Crippen molar-refractivity contribution in [1.29, 1.82) is 0 Å². The molecule has 1 aromatic heterocycles. The van der Waals surface area contributed by atoms with Gasteiger partial charge in [0.25, 0.3) is 5.91 Å². The summed E-state index contributed by atoms with van der Waals surface area (Å²) in [6.07, 6.45) is 0. The Kier molecular flexibility index (Phi) is 3.92. The first kappa shape index (κ1) is 10.2. The molecular formula is C9H14N2OS. The number of nitrogens with one attached hydrogen (secondary N) is 2. The minimum absolute atomic E-state index is 0.0222. The van der Waals surface area contributed by atoms with Crippen molar-refractivity contribution in [1.82, 2.24) is 10.6 Å². The summed E-state index contributed by atoms with van der Waals surface area (Å²) in [4.78, 5) is 11.5. The van der Waals surface area contributed by atoms with Crippen molar-refractivity contribution in [3.05, 3.63) is 21.9 Å². The number of carbonyl (C=O) groups is 1. The van der Waals surface area contributed by atoms with E-state index < -0.39 is 0 Å². The smallest absolute Gasteiger partial charge is 0.252 e. The van der Waals surface area contributed by atoms with Crippen LogP contribution in [0.15, 0.2) is 10.8 Å². The minimum atomic E-state index is 0.0222. The maximum absolute atomic E-state index is 11.5. The Morgan fingerprint density at radius 3 is 2.77 bits per heavy atom. The lowest BCUT2D eigenvalue weighted by molar-refractivity contribution is 0.0954. The van der Waals surface area contributed by atoms with Crippen LogP contribution in [0.25, 0.3) is 0 Å². The summed E-state index contributed by atoms with van der Waals surface area (Å²) in [6.45, 7) is 3.42. The van der Waals surface area contributed by atoms with Gasteiger partial charge in [-0.3, -0.25) is 4.79 Å². The number of likely N-dealkylation sites (N-methyl/N-ethyl adjacent to an activating group) is 1. The fourth-order valence-electron chi connectivity index (χ4n) is 0.989. The van der Waals surface area contributed by atoms with Gasteiger partial charge >= 0.3 is 0 Å². The molecule has 4 heteroatoms. The molecule has 2 N–H and O–H groups in total. The molecule has 0 fully saturated rings. The van der Waals surface area contributed by atoms with Crippen molar-refractivity contribution in [2.45, 2.75) is 6.92 Å². The lowest BCUT2D eigenvalue weighted by Gasteiger charge is -2.03. The van der Waals surface area contributed by atoms with Gasteiger partial charge in [-0.05, 0) is 24.9 Å². The molecule has 0 radical (unpaired) electrons. The highest BCUT2D eigenvalue weighted by molar-refractivity contribution is 7.08. The molecule has 0 atom stereocenters. The maximum Gasteiger partial charge on any atom is 0.252 e. The van der Waals surface area contributed by atoms with E-state index >= 15 is 0 Å². The summed E-state index contributed by atoms with van der Waals surface area (Å²) in [5.41, 5.74) is 1.84. The number of rotatable bonds is 4. The predicted molar refractivity (Wildman–Crippen MR) is 55.3 cm³/mol. The van der Waals surface area contributed by atoms with Crippen LogP contribution in [0.5, 0.6) is 0 Å². The molecule has 1 amide bonds. The van der Waals surface area contributed by atoms with Crippen LogP contribution in [-0.2, 0) is 0 Å². The van der Waals surface area contributed by atoms with Gasteiger partial charge < -0.3 is 10.6 Å². The van der Waals surface area contributed by atoms with Crippen LogP contribution in [-0.4, -0.2) is 26.0 Å². The number of amides is 1. The van der Waals surface area contributed by atoms with Gasteiger partial charge in [0.1, 0.15) is 0 Å². The second-order valence-electron chi connectivity index (χ2n) is 2.83. The fraction of sp³-hybridized carbons (Fsp3) is 0.444. The third-order valence-corrected chi connectivity index (χ3v) is 2.62. The van der Waals surface area contributed by atoms with E-state index in [-0.39, 0.29) is 5.91 Å². The Balaban J connectivity index is 2.45. The van der Waals surface area contributed by atoms with Crippen molar-refractivity contribution in [3.8, 4) is 0 Å². The van der Waals surface area contributed by atoms with Gasteiger partial charge in [-0.1, -0.05) is 0 Å². The molecule has 0 bridgehead atoms. The molecule has 1 aromatic rings. The summed E-state index contributed by atoms with van der Waals surface area (Å²) in [6, 6.07) is 0. The molecule has 0 aliphatic rings. The van der Waals surface area contributed by atoms with E-state index in [1.54, 1.807) is 11.3 Å². The highest BCUT2D eigenvalue weighted by Crippen LogP contribution is 2.12. The van der Waals surface area contributed by atoms with Crippen LogP contribution >= 0.6 is 11.3 Å². The van der Waals surface area contributed by atoms with Crippen LogP contribution < -0.4 is 10.6 Å². The molecule has 0 aliphatic carbocycles. The minimum Gasteiger partial charge on any atom is -0.351 e. The number of carbonyl (C=O) groups excluding carboxylic acids is 1. The van der Waals surface area contributed by atoms with Gasteiger partial charge in [-0.2, -0.15) is 11.3 Å². The average Bonchev–Trinajstić information content (AvgIpc) is 2.52. The third kappa shape index (κ3) is 2.82. The van der Waals surface area contributed by atoms with Gasteiger partial charge in [0.05, 0.1) is 5.56 Å². The van der Waals surface area contributed by atoms with Gasteiger partial charge in [0.15, 0.2) is 0 Å². The quantitative estimate of drug-likeness (QED) is 0.709. The normalized spacial score (nSPS) is 10.0. The molecule has 0 aromatic carbocycles. The van der Waals surface area contributed by atoms with Crippen molar-refractivity contribution in [2.75, 3.05) is 20.1 Å². The number of aryl methyl sites for hydroxylation is 1. The van der Waals surface area contributed by atoms with Crippen molar-refractivity contribution >= 4 is 17.2 Å². The standard InChI is InChI=1S/C9H14N2OS/c1-7-5-13-6-8(7)9(12)11-4-3-10-2/h5-6,10H,3-4H2,1-2H3,(H,11,12). The van der Waals surface area contributed by atoms with E-state index in [1.807, 2.05) is 24.7 Å². The number of hydrogen-bond donors (Lipinski definition) is 2. The first-order valence-electron chi connectivity index (χ1n) is 4.21. The molecule has 0 aliphatic heterocycles. The first-order chi connectivity index (χ1) is 6.25. The molecule has 72 valence electrons. The second kappa shape index (κ2) is 4.99. The predicted octanol–water partition coefficient (Wildman–Crippen LogP) is 1.01. The van der Waals surface area contributed by atoms with Crippen LogP contribution in [0.2, 0.25) is 0 Å². The Bertz CT molecular complexity index is 283. The lowest BCUT2D eigenvalue weighted by Crippen LogP contribution is -2.30. The molecular weight excluding hydrogens is 184 g/mol. The Morgan fingerprint density at radius 1 is 1.46 bits per heavy atom. The molecule has 0 unspecified atom stereocenters. The monoisotopic (exact) mass is 198 g/mol. The van der Waals surface area contributed by atoms with Crippen LogP contribution in [0.3, 0.4) is 0 Å². The summed E-state index contributed by atoms with van der Waals surface area (Å²) in [7, 11) is 1.86. The zero-order valence-electron chi connectivity index (χ0n) is 7.89. The van der Waals surface area contributed by atoms with Crippen LogP contribution in [0.1, 0.15) is 15.9 Å². The van der Waals surface area contributed by atoms with Crippen molar-refractivity contribution < 1.29 is 4.79 Å². The molecule has 1 rings (SSSR count). The van der Waals surface area contributed by atoms with E-state index in [0.29, 0.717) is 6.54 Å². The van der Waals surface area contributed by atoms with E-state index in [0.717, 1.165) is 17.7 Å². The Morgan fingerprint density at radius 2 is 2.23 bits per heavy atom. The summed E-state index contributed by atoms with van der Waals surface area (Å²) in [5.74, 6) is 0.0222. The van der Waals surface area contributed by atoms with Gasteiger partial charge in [-0.25, -0.2) is 0 Å². The summed E-state index contributed by atoms with van der Waals surface area (Å²) >= 11 is 1.56. The molecule has 13 heavy (non-hydrogen) atoms. The second-order valence-corrected chi connectivity index (χ2v) is 3.57. The topological polar surface area (TPSA) is 41.1 Å². The zero-order valence-corrected chi connectivity index (χ0v) is 8.70. The third-order valence-electron chi connectivity index (χ3n) is 1.76. The summed E-state index contributed by atoms with van der Waals surface area (Å²) < 4.78 is 0. The molecule has 1 heterocycles. The SMILES string of the molecule is CNCCNC(=O)c1cscc1C. The van der Waals surface area contributed by atoms with E-state index in [9.17, 15) is 4.79 Å². The highest BCUT2D eigenvalue weighted by Gasteiger charge is 2.07. The molecule has 0 saturated carbocycles. The van der Waals surface area contributed by atoms with Crippen LogP contribution in [0.4, 0.5) is 0 Å². The summed E-state index contributed by atoms with van der Waals surface area (Å²) in [5, 5.41) is 9.66. The van der Waals surface area contributed by atoms with E-state index in [1.165, 1.54) is 0 Å². The highest BCUT2D eigenvalue weighted by atomic mass is 32.1. The first-order valence-corrected chi connectivity index (χ1v) is 5.15. The molecule has 3 nitrogen and oxygen atoms in total. The van der Waals surface area contributed by atoms with Gasteiger partial charge in [-0.15, -0.1) is 0 Å². The van der Waals surface area contributed by atoms with E-state index in [2.05, 4.69) is 10.6 Å². The van der Waals surface area contributed by atoms with Crippen molar-refractivity contribution in [3.63, 3.8) is 0 Å². The molecule has 0 saturated heterocycles. The van der Waals surface area contributed by atoms with Gasteiger partial charge in [0, 0.05) is 18.5 Å². The van der Waals surface area contributed by atoms with Crippen LogP contribution in [0, 0.1) is 6.92 Å². The largest absolute Gasteiger partial charge is 0.351 e. The number of thiophene rings is 1.